The number of benzene rings is 1. The molecule has 0 bridgehead atoms. The molecule has 0 aliphatic rings. The molecule has 0 aliphatic heterocycles. The van der Waals surface area contributed by atoms with Crippen molar-refractivity contribution in [2.75, 3.05) is 0 Å². The van der Waals surface area contributed by atoms with Crippen LogP contribution in [-0.2, 0) is 0 Å². The lowest BCUT2D eigenvalue weighted by Crippen LogP contribution is -2.05. The van der Waals surface area contributed by atoms with Crippen molar-refractivity contribution in [2.24, 2.45) is 0 Å². The summed E-state index contributed by atoms with van der Waals surface area (Å²) in [6.07, 6.45) is 0.123. The number of carboxylic acid groups (broad SMARTS) is 1. The van der Waals surface area contributed by atoms with Crippen molar-refractivity contribution >= 4 is 5.97 Å². The zero-order valence-electron chi connectivity index (χ0n) is 10.2. The van der Waals surface area contributed by atoms with E-state index in [1.54, 1.807) is 6.07 Å². The van der Waals surface area contributed by atoms with Gasteiger partial charge in [0.2, 0.25) is 5.76 Å². The van der Waals surface area contributed by atoms with Crippen LogP contribution in [0.3, 0.4) is 0 Å². The normalized spacial score (nSPS) is 10.6. The van der Waals surface area contributed by atoms with Crippen LogP contribution in [0.5, 0.6) is 5.75 Å². The minimum Gasteiger partial charge on any atom is -0.491 e. The SMILES string of the molecule is CC(C)Oc1ccc(-c2ccc(C(=O)O)o2)cc1. The average molecular weight is 246 g/mol. The van der Waals surface area contributed by atoms with Gasteiger partial charge in [0.25, 0.3) is 0 Å². The van der Waals surface area contributed by atoms with Crippen LogP contribution in [0, 0.1) is 0 Å². The topological polar surface area (TPSA) is 59.7 Å². The fourth-order valence-electron chi connectivity index (χ4n) is 1.58. The molecule has 2 aromatic rings. The van der Waals surface area contributed by atoms with Crippen LogP contribution < -0.4 is 4.74 Å². The zero-order valence-corrected chi connectivity index (χ0v) is 10.2. The molecule has 0 aliphatic carbocycles. The molecule has 0 atom stereocenters. The van der Waals surface area contributed by atoms with Gasteiger partial charge in [-0.2, -0.15) is 0 Å². The Morgan fingerprint density at radius 3 is 2.33 bits per heavy atom. The van der Waals surface area contributed by atoms with Gasteiger partial charge in [-0.3, -0.25) is 0 Å². The third-order valence-corrected chi connectivity index (χ3v) is 2.33. The quantitative estimate of drug-likeness (QED) is 0.897. The highest BCUT2D eigenvalue weighted by Crippen LogP contribution is 2.24. The van der Waals surface area contributed by atoms with Crippen LogP contribution in [0.1, 0.15) is 24.4 Å². The lowest BCUT2D eigenvalue weighted by molar-refractivity contribution is 0.0663. The van der Waals surface area contributed by atoms with E-state index < -0.39 is 5.97 Å². The number of carboxylic acids is 1. The molecule has 2 rings (SSSR count). The van der Waals surface area contributed by atoms with Gasteiger partial charge in [0.15, 0.2) is 0 Å². The van der Waals surface area contributed by atoms with Crippen LogP contribution in [0.2, 0.25) is 0 Å². The molecule has 1 aromatic carbocycles. The van der Waals surface area contributed by atoms with Crippen molar-refractivity contribution in [3.63, 3.8) is 0 Å². The van der Waals surface area contributed by atoms with Crippen molar-refractivity contribution < 1.29 is 19.1 Å². The van der Waals surface area contributed by atoms with E-state index in [2.05, 4.69) is 0 Å². The third-order valence-electron chi connectivity index (χ3n) is 2.33. The fourth-order valence-corrected chi connectivity index (χ4v) is 1.58. The first kappa shape index (κ1) is 12.2. The van der Waals surface area contributed by atoms with Gasteiger partial charge >= 0.3 is 5.97 Å². The van der Waals surface area contributed by atoms with Crippen molar-refractivity contribution in [1.29, 1.82) is 0 Å². The molecular weight excluding hydrogens is 232 g/mol. The molecule has 94 valence electrons. The lowest BCUT2D eigenvalue weighted by atomic mass is 10.2. The maximum absolute atomic E-state index is 10.7. The van der Waals surface area contributed by atoms with E-state index in [0.717, 1.165) is 11.3 Å². The molecule has 1 heterocycles. The lowest BCUT2D eigenvalue weighted by Gasteiger charge is -2.09. The Morgan fingerprint density at radius 1 is 1.17 bits per heavy atom. The Morgan fingerprint density at radius 2 is 1.83 bits per heavy atom. The van der Waals surface area contributed by atoms with E-state index in [1.165, 1.54) is 6.07 Å². The molecule has 0 fully saturated rings. The summed E-state index contributed by atoms with van der Waals surface area (Å²) in [5, 5.41) is 8.77. The largest absolute Gasteiger partial charge is 0.491 e. The summed E-state index contributed by atoms with van der Waals surface area (Å²) in [7, 11) is 0. The monoisotopic (exact) mass is 246 g/mol. The number of hydrogen-bond donors (Lipinski definition) is 1. The summed E-state index contributed by atoms with van der Waals surface area (Å²) >= 11 is 0. The first-order valence-corrected chi connectivity index (χ1v) is 5.66. The Hall–Kier alpha value is -2.23. The van der Waals surface area contributed by atoms with Gasteiger partial charge in [0.1, 0.15) is 11.5 Å². The summed E-state index contributed by atoms with van der Waals surface area (Å²) in [5.74, 6) is 0.177. The van der Waals surface area contributed by atoms with E-state index in [9.17, 15) is 4.79 Å². The molecule has 0 radical (unpaired) electrons. The second-order valence-corrected chi connectivity index (χ2v) is 4.16. The highest BCUT2D eigenvalue weighted by atomic mass is 16.5. The second kappa shape index (κ2) is 4.96. The summed E-state index contributed by atoms with van der Waals surface area (Å²) in [6.45, 7) is 3.92. The van der Waals surface area contributed by atoms with Gasteiger partial charge in [-0.05, 0) is 50.2 Å². The van der Waals surface area contributed by atoms with E-state index in [0.29, 0.717) is 5.76 Å². The van der Waals surface area contributed by atoms with Crippen molar-refractivity contribution in [1.82, 2.24) is 0 Å². The average Bonchev–Trinajstić information content (AvgIpc) is 2.78. The van der Waals surface area contributed by atoms with Gasteiger partial charge in [-0.1, -0.05) is 0 Å². The number of ether oxygens (including phenoxy) is 1. The van der Waals surface area contributed by atoms with E-state index >= 15 is 0 Å². The molecule has 0 spiro atoms. The number of furan rings is 1. The van der Waals surface area contributed by atoms with Gasteiger partial charge in [0.05, 0.1) is 6.10 Å². The second-order valence-electron chi connectivity index (χ2n) is 4.16. The minimum atomic E-state index is -1.07. The van der Waals surface area contributed by atoms with Crippen molar-refractivity contribution in [2.45, 2.75) is 20.0 Å². The van der Waals surface area contributed by atoms with Crippen molar-refractivity contribution in [3.8, 4) is 17.1 Å². The Labute approximate surface area is 105 Å². The van der Waals surface area contributed by atoms with Gasteiger partial charge < -0.3 is 14.3 Å². The third kappa shape index (κ3) is 2.71. The maximum Gasteiger partial charge on any atom is 0.371 e. The fraction of sp³-hybridized carbons (Fsp3) is 0.214. The van der Waals surface area contributed by atoms with Crippen LogP contribution in [0.15, 0.2) is 40.8 Å². The number of rotatable bonds is 4. The molecule has 1 aromatic heterocycles. The van der Waals surface area contributed by atoms with Crippen LogP contribution >= 0.6 is 0 Å². The zero-order chi connectivity index (χ0) is 13.1. The molecule has 4 nitrogen and oxygen atoms in total. The maximum atomic E-state index is 10.7. The van der Waals surface area contributed by atoms with Gasteiger partial charge in [0, 0.05) is 5.56 Å². The van der Waals surface area contributed by atoms with Crippen molar-refractivity contribution in [3.05, 3.63) is 42.2 Å². The van der Waals surface area contributed by atoms with Gasteiger partial charge in [-0.25, -0.2) is 4.79 Å². The molecule has 0 amide bonds. The first-order chi connectivity index (χ1) is 8.56. The van der Waals surface area contributed by atoms with Crippen LogP contribution in [0.4, 0.5) is 0 Å². The Bertz CT molecular complexity index is 537. The number of hydrogen-bond acceptors (Lipinski definition) is 3. The van der Waals surface area contributed by atoms with Crippen LogP contribution in [-0.4, -0.2) is 17.2 Å². The van der Waals surface area contributed by atoms with E-state index in [1.807, 2.05) is 38.1 Å². The summed E-state index contributed by atoms with van der Waals surface area (Å²) in [4.78, 5) is 10.7. The number of aromatic carboxylic acids is 1. The molecule has 18 heavy (non-hydrogen) atoms. The molecule has 0 unspecified atom stereocenters. The first-order valence-electron chi connectivity index (χ1n) is 5.66. The smallest absolute Gasteiger partial charge is 0.371 e. The Kier molecular flexibility index (Phi) is 3.37. The highest BCUT2D eigenvalue weighted by Gasteiger charge is 2.10. The summed E-state index contributed by atoms with van der Waals surface area (Å²) < 4.78 is 10.7. The minimum absolute atomic E-state index is 0.0625. The number of carbonyl (C=O) groups is 1. The summed E-state index contributed by atoms with van der Waals surface area (Å²) in [5.41, 5.74) is 0.818. The standard InChI is InChI=1S/C14H14O4/c1-9(2)17-11-5-3-10(4-6-11)12-7-8-13(18-12)14(15)16/h3-9H,1-2H3,(H,15,16). The predicted octanol–water partition coefficient (Wildman–Crippen LogP) is 3.43. The Balaban J connectivity index is 2.20. The molecular formula is C14H14O4. The van der Waals surface area contributed by atoms with E-state index in [-0.39, 0.29) is 11.9 Å². The molecule has 0 saturated heterocycles. The molecule has 0 saturated carbocycles. The predicted molar refractivity (Wildman–Crippen MR) is 66.9 cm³/mol. The molecule has 1 N–H and O–H groups in total. The van der Waals surface area contributed by atoms with E-state index in [4.69, 9.17) is 14.3 Å². The summed E-state index contributed by atoms with van der Waals surface area (Å²) in [6, 6.07) is 10.4. The molecule has 4 heteroatoms. The van der Waals surface area contributed by atoms with Gasteiger partial charge in [-0.15, -0.1) is 0 Å². The van der Waals surface area contributed by atoms with Crippen LogP contribution in [0.25, 0.3) is 11.3 Å². The highest BCUT2D eigenvalue weighted by molar-refractivity contribution is 5.85.